The number of hydrogen-bond acceptors (Lipinski definition) is 4. The van der Waals surface area contributed by atoms with Crippen molar-refractivity contribution in [2.75, 3.05) is 18.4 Å². The second kappa shape index (κ2) is 7.31. The number of nitrogens with zero attached hydrogens (tertiary/aromatic N) is 2. The van der Waals surface area contributed by atoms with Crippen LogP contribution in [0.15, 0.2) is 15.4 Å². The van der Waals surface area contributed by atoms with E-state index in [4.69, 9.17) is 0 Å². The van der Waals surface area contributed by atoms with Crippen molar-refractivity contribution in [3.05, 3.63) is 15.4 Å². The van der Waals surface area contributed by atoms with Gasteiger partial charge in [-0.15, -0.1) is 0 Å². The minimum absolute atomic E-state index is 0.0112. The normalized spacial score (nSPS) is 19.2. The summed E-state index contributed by atoms with van der Waals surface area (Å²) in [5.74, 6) is 1.07. The standard InChI is InChI=1S/C12H16Br2N4O/c13-9-7-16-12(11(14)17-9)18-10(19)4-3-8-2-1-5-15-6-8/h7-8,15H,1-6H2,(H,16,18,19). The van der Waals surface area contributed by atoms with Crippen LogP contribution < -0.4 is 10.6 Å². The summed E-state index contributed by atoms with van der Waals surface area (Å²) in [7, 11) is 0. The minimum Gasteiger partial charge on any atom is -0.316 e. The highest BCUT2D eigenvalue weighted by Crippen LogP contribution is 2.20. The van der Waals surface area contributed by atoms with Crippen LogP contribution in [-0.4, -0.2) is 29.0 Å². The Kier molecular flexibility index (Phi) is 5.72. The van der Waals surface area contributed by atoms with Crippen LogP contribution in [0.2, 0.25) is 0 Å². The molecule has 1 atom stereocenters. The second-order valence-electron chi connectivity index (χ2n) is 4.63. The average Bonchev–Trinajstić information content (AvgIpc) is 2.41. The molecule has 1 saturated heterocycles. The van der Waals surface area contributed by atoms with Crippen LogP contribution in [0, 0.1) is 5.92 Å². The smallest absolute Gasteiger partial charge is 0.225 e. The van der Waals surface area contributed by atoms with Crippen LogP contribution >= 0.6 is 31.9 Å². The molecule has 104 valence electrons. The molecule has 7 heteroatoms. The quantitative estimate of drug-likeness (QED) is 0.827. The van der Waals surface area contributed by atoms with E-state index in [-0.39, 0.29) is 5.91 Å². The lowest BCUT2D eigenvalue weighted by Crippen LogP contribution is -2.30. The Bertz CT molecular complexity index is 449. The van der Waals surface area contributed by atoms with Crippen molar-refractivity contribution >= 4 is 43.6 Å². The van der Waals surface area contributed by atoms with Crippen molar-refractivity contribution in [3.63, 3.8) is 0 Å². The van der Waals surface area contributed by atoms with Crippen molar-refractivity contribution in [3.8, 4) is 0 Å². The highest BCUT2D eigenvalue weighted by atomic mass is 79.9. The van der Waals surface area contributed by atoms with Gasteiger partial charge in [0.2, 0.25) is 5.91 Å². The Labute approximate surface area is 129 Å². The molecule has 1 aliphatic rings. The predicted octanol–water partition coefficient (Wildman–Crippen LogP) is 2.72. The monoisotopic (exact) mass is 390 g/mol. The number of carbonyl (C=O) groups is 1. The van der Waals surface area contributed by atoms with E-state index in [2.05, 4.69) is 52.5 Å². The topological polar surface area (TPSA) is 66.9 Å². The van der Waals surface area contributed by atoms with Crippen LogP contribution in [0.3, 0.4) is 0 Å². The molecule has 2 rings (SSSR count). The molecule has 0 aromatic carbocycles. The molecule has 1 fully saturated rings. The zero-order valence-electron chi connectivity index (χ0n) is 10.5. The van der Waals surface area contributed by atoms with Gasteiger partial charge in [-0.2, -0.15) is 0 Å². The molecule has 0 bridgehead atoms. The van der Waals surface area contributed by atoms with Gasteiger partial charge in [-0.3, -0.25) is 4.79 Å². The number of piperidine rings is 1. The number of nitrogens with one attached hydrogen (secondary N) is 2. The van der Waals surface area contributed by atoms with Crippen LogP contribution in [-0.2, 0) is 4.79 Å². The molecule has 0 aliphatic carbocycles. The first kappa shape index (κ1) is 14.9. The minimum atomic E-state index is -0.0112. The fourth-order valence-corrected chi connectivity index (χ4v) is 3.04. The van der Waals surface area contributed by atoms with E-state index in [1.54, 1.807) is 6.20 Å². The third-order valence-electron chi connectivity index (χ3n) is 3.14. The van der Waals surface area contributed by atoms with Crippen LogP contribution in [0.25, 0.3) is 0 Å². The van der Waals surface area contributed by atoms with E-state index in [1.165, 1.54) is 12.8 Å². The Morgan fingerprint density at radius 2 is 2.37 bits per heavy atom. The van der Waals surface area contributed by atoms with E-state index in [0.717, 1.165) is 19.5 Å². The summed E-state index contributed by atoms with van der Waals surface area (Å²) in [6, 6.07) is 0. The third-order valence-corrected chi connectivity index (χ3v) is 4.07. The van der Waals surface area contributed by atoms with Gasteiger partial charge < -0.3 is 10.6 Å². The molecule has 2 N–H and O–H groups in total. The van der Waals surface area contributed by atoms with E-state index < -0.39 is 0 Å². The third kappa shape index (κ3) is 4.81. The maximum Gasteiger partial charge on any atom is 0.225 e. The number of hydrogen-bond donors (Lipinski definition) is 2. The molecule has 0 saturated carbocycles. The van der Waals surface area contributed by atoms with Gasteiger partial charge in [0.05, 0.1) is 6.20 Å². The fourth-order valence-electron chi connectivity index (χ4n) is 2.13. The van der Waals surface area contributed by atoms with Crippen molar-refractivity contribution in [2.24, 2.45) is 5.92 Å². The molecule has 0 spiro atoms. The molecule has 1 aromatic heterocycles. The number of halogens is 2. The maximum atomic E-state index is 11.9. The Hall–Kier alpha value is -0.530. The first-order valence-electron chi connectivity index (χ1n) is 6.34. The molecule has 1 amide bonds. The number of anilines is 1. The predicted molar refractivity (Wildman–Crippen MR) is 80.9 cm³/mol. The van der Waals surface area contributed by atoms with Crippen LogP contribution in [0.5, 0.6) is 0 Å². The molecule has 1 unspecified atom stereocenters. The average molecular weight is 392 g/mol. The SMILES string of the molecule is O=C(CCC1CCCNC1)Nc1ncc(Br)nc1Br. The summed E-state index contributed by atoms with van der Waals surface area (Å²) in [5, 5.41) is 6.13. The van der Waals surface area contributed by atoms with Crippen LogP contribution in [0.4, 0.5) is 5.82 Å². The van der Waals surface area contributed by atoms with Gasteiger partial charge in [0, 0.05) is 6.42 Å². The molecule has 5 nitrogen and oxygen atoms in total. The Morgan fingerprint density at radius 1 is 1.53 bits per heavy atom. The van der Waals surface area contributed by atoms with E-state index in [1.807, 2.05) is 0 Å². The number of aromatic nitrogens is 2. The largest absolute Gasteiger partial charge is 0.316 e. The first-order chi connectivity index (χ1) is 9.15. The van der Waals surface area contributed by atoms with E-state index in [9.17, 15) is 4.79 Å². The summed E-state index contributed by atoms with van der Waals surface area (Å²) < 4.78 is 1.17. The van der Waals surface area contributed by atoms with Gasteiger partial charge in [-0.25, -0.2) is 9.97 Å². The lowest BCUT2D eigenvalue weighted by atomic mass is 9.94. The molecule has 1 aliphatic heterocycles. The molecular formula is C12H16Br2N4O. The van der Waals surface area contributed by atoms with Crippen molar-refractivity contribution in [2.45, 2.75) is 25.7 Å². The van der Waals surface area contributed by atoms with Gasteiger partial charge in [-0.1, -0.05) is 0 Å². The summed E-state index contributed by atoms with van der Waals surface area (Å²) >= 11 is 6.50. The Balaban J connectivity index is 1.80. The number of carbonyl (C=O) groups excluding carboxylic acids is 1. The van der Waals surface area contributed by atoms with Crippen LogP contribution in [0.1, 0.15) is 25.7 Å². The van der Waals surface area contributed by atoms with Crippen molar-refractivity contribution in [1.29, 1.82) is 0 Å². The first-order valence-corrected chi connectivity index (χ1v) is 7.92. The molecule has 19 heavy (non-hydrogen) atoms. The summed E-state index contributed by atoms with van der Waals surface area (Å²) in [6.07, 6.45) is 5.42. The molecule has 2 heterocycles. The molecule has 0 radical (unpaired) electrons. The van der Waals surface area contributed by atoms with Gasteiger partial charge in [0.1, 0.15) is 9.21 Å². The lowest BCUT2D eigenvalue weighted by molar-refractivity contribution is -0.116. The maximum absolute atomic E-state index is 11.9. The highest BCUT2D eigenvalue weighted by molar-refractivity contribution is 9.11. The molecular weight excluding hydrogens is 376 g/mol. The zero-order chi connectivity index (χ0) is 13.7. The summed E-state index contributed by atoms with van der Waals surface area (Å²) in [5.41, 5.74) is 0. The van der Waals surface area contributed by atoms with E-state index in [0.29, 0.717) is 27.4 Å². The number of amides is 1. The van der Waals surface area contributed by atoms with Gasteiger partial charge in [0.15, 0.2) is 5.82 Å². The highest BCUT2D eigenvalue weighted by Gasteiger charge is 2.15. The van der Waals surface area contributed by atoms with Gasteiger partial charge >= 0.3 is 0 Å². The van der Waals surface area contributed by atoms with Crippen molar-refractivity contribution < 1.29 is 4.79 Å². The lowest BCUT2D eigenvalue weighted by Gasteiger charge is -2.22. The zero-order valence-corrected chi connectivity index (χ0v) is 13.6. The molecule has 1 aromatic rings. The summed E-state index contributed by atoms with van der Waals surface area (Å²) in [6.45, 7) is 2.12. The van der Waals surface area contributed by atoms with Gasteiger partial charge in [-0.05, 0) is 70.1 Å². The summed E-state index contributed by atoms with van der Waals surface area (Å²) in [4.78, 5) is 20.1. The second-order valence-corrected chi connectivity index (χ2v) is 6.19. The van der Waals surface area contributed by atoms with Crippen molar-refractivity contribution in [1.82, 2.24) is 15.3 Å². The van der Waals surface area contributed by atoms with Gasteiger partial charge in [0.25, 0.3) is 0 Å². The van der Waals surface area contributed by atoms with E-state index >= 15 is 0 Å². The fraction of sp³-hybridized carbons (Fsp3) is 0.583. The number of rotatable bonds is 4. The Morgan fingerprint density at radius 3 is 3.05 bits per heavy atom.